The molecule has 0 aromatic rings. The summed E-state index contributed by atoms with van der Waals surface area (Å²) in [5.41, 5.74) is 0. The molecule has 0 N–H and O–H groups in total. The van der Waals surface area contributed by atoms with Gasteiger partial charge in [-0.25, -0.2) is 0 Å². The van der Waals surface area contributed by atoms with E-state index in [4.69, 9.17) is 0 Å². The number of amides is 2. The third-order valence-electron chi connectivity index (χ3n) is 2.13. The highest BCUT2D eigenvalue weighted by atomic mass is 16.2. The number of Topliss-reactive ketones (excluding diaryl/α,β-unsaturated/α-hetero) is 1. The van der Waals surface area contributed by atoms with Crippen LogP contribution in [0.25, 0.3) is 0 Å². The third kappa shape index (κ3) is 2.52. The molecular formula is C10H13NO3. The van der Waals surface area contributed by atoms with E-state index < -0.39 is 0 Å². The van der Waals surface area contributed by atoms with Crippen molar-refractivity contribution in [2.24, 2.45) is 0 Å². The van der Waals surface area contributed by atoms with Gasteiger partial charge in [-0.05, 0) is 6.42 Å². The molecule has 0 unspecified atom stereocenters. The van der Waals surface area contributed by atoms with Crippen LogP contribution in [-0.4, -0.2) is 29.0 Å². The third-order valence-corrected chi connectivity index (χ3v) is 2.13. The van der Waals surface area contributed by atoms with Crippen molar-refractivity contribution in [1.82, 2.24) is 4.90 Å². The number of imide groups is 1. The molecule has 0 aromatic carbocycles. The van der Waals surface area contributed by atoms with Gasteiger partial charge in [0.2, 0.25) is 0 Å². The van der Waals surface area contributed by atoms with Crippen molar-refractivity contribution in [2.75, 3.05) is 6.54 Å². The summed E-state index contributed by atoms with van der Waals surface area (Å²) in [6.45, 7) is 2.15. The number of ketones is 1. The molecule has 1 rings (SSSR count). The lowest BCUT2D eigenvalue weighted by atomic mass is 10.2. The van der Waals surface area contributed by atoms with Gasteiger partial charge in [0.1, 0.15) is 5.78 Å². The molecule has 0 atom stereocenters. The molecule has 1 aliphatic rings. The lowest BCUT2D eigenvalue weighted by Crippen LogP contribution is -2.31. The van der Waals surface area contributed by atoms with Gasteiger partial charge in [-0.15, -0.1) is 0 Å². The van der Waals surface area contributed by atoms with Crippen LogP contribution in [0.4, 0.5) is 0 Å². The largest absolute Gasteiger partial charge is 0.300 e. The smallest absolute Gasteiger partial charge is 0.253 e. The van der Waals surface area contributed by atoms with Gasteiger partial charge in [0.05, 0.1) is 0 Å². The van der Waals surface area contributed by atoms with Gasteiger partial charge in [-0.2, -0.15) is 0 Å². The van der Waals surface area contributed by atoms with Gasteiger partial charge >= 0.3 is 0 Å². The Balaban J connectivity index is 2.29. The van der Waals surface area contributed by atoms with E-state index in [1.165, 1.54) is 12.2 Å². The average molecular weight is 195 g/mol. The Morgan fingerprint density at radius 3 is 2.36 bits per heavy atom. The Kier molecular flexibility index (Phi) is 3.56. The zero-order valence-electron chi connectivity index (χ0n) is 8.16. The summed E-state index contributed by atoms with van der Waals surface area (Å²) in [4.78, 5) is 34.2. The van der Waals surface area contributed by atoms with Crippen molar-refractivity contribution >= 4 is 17.6 Å². The molecule has 0 aromatic heterocycles. The highest BCUT2D eigenvalue weighted by molar-refractivity contribution is 6.12. The van der Waals surface area contributed by atoms with E-state index in [1.807, 2.05) is 0 Å². The molecule has 0 radical (unpaired) electrons. The van der Waals surface area contributed by atoms with E-state index in [9.17, 15) is 14.4 Å². The minimum Gasteiger partial charge on any atom is -0.300 e. The maximum Gasteiger partial charge on any atom is 0.253 e. The van der Waals surface area contributed by atoms with Crippen molar-refractivity contribution < 1.29 is 14.4 Å². The minimum absolute atomic E-state index is 0.164. The van der Waals surface area contributed by atoms with E-state index in [0.29, 0.717) is 25.8 Å². The van der Waals surface area contributed by atoms with Crippen LogP contribution in [0.5, 0.6) is 0 Å². The monoisotopic (exact) mass is 195 g/mol. The number of hydrogen-bond donors (Lipinski definition) is 0. The van der Waals surface area contributed by atoms with Crippen LogP contribution >= 0.6 is 0 Å². The number of carbonyl (C=O) groups is 3. The normalized spacial score (nSPS) is 15.4. The van der Waals surface area contributed by atoms with Gasteiger partial charge in [0.25, 0.3) is 11.8 Å². The first-order chi connectivity index (χ1) is 6.65. The highest BCUT2D eigenvalue weighted by Gasteiger charge is 2.22. The molecular weight excluding hydrogens is 182 g/mol. The topological polar surface area (TPSA) is 54.5 Å². The zero-order chi connectivity index (χ0) is 10.6. The summed E-state index contributed by atoms with van der Waals surface area (Å²) in [7, 11) is 0. The summed E-state index contributed by atoms with van der Waals surface area (Å²) in [5.74, 6) is -0.394. The number of carbonyl (C=O) groups excluding carboxylic acids is 3. The number of rotatable bonds is 5. The second-order valence-corrected chi connectivity index (χ2v) is 3.16. The lowest BCUT2D eigenvalue weighted by Gasteiger charge is -2.12. The average Bonchev–Trinajstić information content (AvgIpc) is 2.48. The predicted molar refractivity (Wildman–Crippen MR) is 50.4 cm³/mol. The molecule has 0 bridgehead atoms. The van der Waals surface area contributed by atoms with Gasteiger partial charge < -0.3 is 0 Å². The molecule has 0 fully saturated rings. The SMILES string of the molecule is CCC(=O)CCCN1C(=O)C=CC1=O. The van der Waals surface area contributed by atoms with E-state index in [2.05, 4.69) is 0 Å². The van der Waals surface area contributed by atoms with Crippen molar-refractivity contribution in [3.63, 3.8) is 0 Å². The Morgan fingerprint density at radius 2 is 1.86 bits per heavy atom. The van der Waals surface area contributed by atoms with Crippen molar-refractivity contribution in [3.8, 4) is 0 Å². The first-order valence-corrected chi connectivity index (χ1v) is 4.70. The van der Waals surface area contributed by atoms with Crippen molar-refractivity contribution in [3.05, 3.63) is 12.2 Å². The molecule has 0 saturated heterocycles. The van der Waals surface area contributed by atoms with Crippen molar-refractivity contribution in [1.29, 1.82) is 0 Å². The summed E-state index contributed by atoms with van der Waals surface area (Å²) in [5, 5.41) is 0. The van der Waals surface area contributed by atoms with E-state index in [0.717, 1.165) is 4.90 Å². The first-order valence-electron chi connectivity index (χ1n) is 4.70. The molecule has 4 heteroatoms. The van der Waals surface area contributed by atoms with Gasteiger partial charge in [-0.1, -0.05) is 6.92 Å². The fourth-order valence-electron chi connectivity index (χ4n) is 1.26. The van der Waals surface area contributed by atoms with Gasteiger partial charge in [0, 0.05) is 31.5 Å². The Bertz CT molecular complexity index is 276. The fraction of sp³-hybridized carbons (Fsp3) is 0.500. The predicted octanol–water partition coefficient (Wildman–Crippen LogP) is 0.671. The first kappa shape index (κ1) is 10.6. The zero-order valence-corrected chi connectivity index (χ0v) is 8.16. The Hall–Kier alpha value is -1.45. The standard InChI is InChI=1S/C10H13NO3/c1-2-8(12)4-3-7-11-9(13)5-6-10(11)14/h5-6H,2-4,7H2,1H3. The second-order valence-electron chi connectivity index (χ2n) is 3.16. The molecule has 2 amide bonds. The van der Waals surface area contributed by atoms with E-state index in [1.54, 1.807) is 6.92 Å². The van der Waals surface area contributed by atoms with Gasteiger partial charge in [0.15, 0.2) is 0 Å². The lowest BCUT2D eigenvalue weighted by molar-refractivity contribution is -0.137. The summed E-state index contributed by atoms with van der Waals surface area (Å²) < 4.78 is 0. The molecule has 0 spiro atoms. The summed E-state index contributed by atoms with van der Waals surface area (Å²) >= 11 is 0. The molecule has 0 aliphatic carbocycles. The quantitative estimate of drug-likeness (QED) is 0.606. The van der Waals surface area contributed by atoms with Crippen LogP contribution in [0.3, 0.4) is 0 Å². The summed E-state index contributed by atoms with van der Waals surface area (Å²) in [6.07, 6.45) is 4.02. The Labute approximate surface area is 82.6 Å². The van der Waals surface area contributed by atoms with Crippen LogP contribution in [0.2, 0.25) is 0 Å². The maximum absolute atomic E-state index is 11.1. The van der Waals surface area contributed by atoms with Crippen LogP contribution < -0.4 is 0 Å². The van der Waals surface area contributed by atoms with Crippen molar-refractivity contribution in [2.45, 2.75) is 26.2 Å². The fourth-order valence-corrected chi connectivity index (χ4v) is 1.26. The van der Waals surface area contributed by atoms with Crippen LogP contribution in [0.15, 0.2) is 12.2 Å². The van der Waals surface area contributed by atoms with E-state index >= 15 is 0 Å². The van der Waals surface area contributed by atoms with Crippen LogP contribution in [0.1, 0.15) is 26.2 Å². The van der Waals surface area contributed by atoms with E-state index in [-0.39, 0.29) is 17.6 Å². The number of hydrogen-bond acceptors (Lipinski definition) is 3. The van der Waals surface area contributed by atoms with Crippen LogP contribution in [0, 0.1) is 0 Å². The van der Waals surface area contributed by atoms with Crippen LogP contribution in [-0.2, 0) is 14.4 Å². The molecule has 14 heavy (non-hydrogen) atoms. The molecule has 0 saturated carbocycles. The Morgan fingerprint density at radius 1 is 1.29 bits per heavy atom. The second kappa shape index (κ2) is 4.69. The molecule has 1 heterocycles. The molecule has 4 nitrogen and oxygen atoms in total. The maximum atomic E-state index is 11.1. The molecule has 76 valence electrons. The summed E-state index contributed by atoms with van der Waals surface area (Å²) in [6, 6.07) is 0. The number of nitrogens with zero attached hydrogens (tertiary/aromatic N) is 1. The minimum atomic E-state index is -0.279. The molecule has 1 aliphatic heterocycles. The van der Waals surface area contributed by atoms with Gasteiger partial charge in [-0.3, -0.25) is 19.3 Å². The highest BCUT2D eigenvalue weighted by Crippen LogP contribution is 2.05.